The third-order valence-corrected chi connectivity index (χ3v) is 2.63. The quantitative estimate of drug-likeness (QED) is 0.741. The van der Waals surface area contributed by atoms with Crippen molar-refractivity contribution in [3.05, 3.63) is 29.1 Å². The molecular weight excluding hydrogens is 219 g/mol. The van der Waals surface area contributed by atoms with Crippen molar-refractivity contribution in [3.8, 4) is 0 Å². The van der Waals surface area contributed by atoms with E-state index in [1.807, 2.05) is 0 Å². The fourth-order valence-corrected chi connectivity index (χ4v) is 1.82. The van der Waals surface area contributed by atoms with Crippen LogP contribution in [0.5, 0.6) is 0 Å². The standard InChI is InChI=1S/C11H12F3NO/c1-7-4-9(8-2-3-16-6-8)15-10(5-7)11(12,13)14/h4-5,8H,2-3,6H2,1H3. The molecule has 0 amide bonds. The summed E-state index contributed by atoms with van der Waals surface area (Å²) in [6.45, 7) is 2.71. The highest BCUT2D eigenvalue weighted by atomic mass is 19.4. The number of nitrogens with zero attached hydrogens (tertiary/aromatic N) is 1. The largest absolute Gasteiger partial charge is 0.433 e. The number of aromatic nitrogens is 1. The Morgan fingerprint density at radius 3 is 2.69 bits per heavy atom. The van der Waals surface area contributed by atoms with Gasteiger partial charge < -0.3 is 4.74 Å². The van der Waals surface area contributed by atoms with Crippen molar-refractivity contribution in [2.45, 2.75) is 25.4 Å². The van der Waals surface area contributed by atoms with E-state index in [0.717, 1.165) is 12.5 Å². The fourth-order valence-electron chi connectivity index (χ4n) is 1.82. The molecule has 2 rings (SSSR count). The van der Waals surface area contributed by atoms with Crippen LogP contribution in [-0.2, 0) is 10.9 Å². The van der Waals surface area contributed by atoms with Gasteiger partial charge in [-0.2, -0.15) is 13.2 Å². The van der Waals surface area contributed by atoms with E-state index in [-0.39, 0.29) is 5.92 Å². The molecule has 1 fully saturated rings. The number of aryl methyl sites for hydroxylation is 1. The van der Waals surface area contributed by atoms with Crippen LogP contribution in [0.4, 0.5) is 13.2 Å². The first-order chi connectivity index (χ1) is 7.47. The van der Waals surface area contributed by atoms with Crippen molar-refractivity contribution < 1.29 is 17.9 Å². The molecule has 2 nitrogen and oxygen atoms in total. The van der Waals surface area contributed by atoms with Crippen LogP contribution < -0.4 is 0 Å². The Hall–Kier alpha value is -1.10. The summed E-state index contributed by atoms with van der Waals surface area (Å²) < 4.78 is 42.8. The van der Waals surface area contributed by atoms with Crippen LogP contribution in [-0.4, -0.2) is 18.2 Å². The number of halogens is 3. The Kier molecular flexibility index (Phi) is 2.88. The van der Waals surface area contributed by atoms with E-state index in [4.69, 9.17) is 4.74 Å². The predicted molar refractivity (Wildman–Crippen MR) is 52.2 cm³/mol. The maximum atomic E-state index is 12.5. The van der Waals surface area contributed by atoms with Gasteiger partial charge in [-0.15, -0.1) is 0 Å². The average molecular weight is 231 g/mol. The molecule has 0 spiro atoms. The average Bonchev–Trinajstić information content (AvgIpc) is 2.68. The normalized spacial score (nSPS) is 21.4. The van der Waals surface area contributed by atoms with E-state index < -0.39 is 11.9 Å². The molecule has 1 unspecified atom stereocenters. The minimum absolute atomic E-state index is 0.000926. The molecular formula is C11H12F3NO. The molecule has 0 aliphatic carbocycles. The highest BCUT2D eigenvalue weighted by Crippen LogP contribution is 2.31. The fraction of sp³-hybridized carbons (Fsp3) is 0.545. The van der Waals surface area contributed by atoms with Crippen molar-refractivity contribution in [1.82, 2.24) is 4.98 Å². The maximum absolute atomic E-state index is 12.5. The van der Waals surface area contributed by atoms with Crippen LogP contribution in [0.2, 0.25) is 0 Å². The van der Waals surface area contributed by atoms with Gasteiger partial charge in [0, 0.05) is 18.2 Å². The Morgan fingerprint density at radius 1 is 1.38 bits per heavy atom. The highest BCUT2D eigenvalue weighted by Gasteiger charge is 2.33. The maximum Gasteiger partial charge on any atom is 0.433 e. The highest BCUT2D eigenvalue weighted by molar-refractivity contribution is 5.24. The predicted octanol–water partition coefficient (Wildman–Crippen LogP) is 2.91. The number of pyridine rings is 1. The van der Waals surface area contributed by atoms with Crippen LogP contribution in [0.3, 0.4) is 0 Å². The first-order valence-corrected chi connectivity index (χ1v) is 5.10. The molecule has 16 heavy (non-hydrogen) atoms. The third-order valence-electron chi connectivity index (χ3n) is 2.63. The zero-order chi connectivity index (χ0) is 11.8. The molecule has 2 heterocycles. The Bertz CT molecular complexity index is 383. The van der Waals surface area contributed by atoms with Crippen molar-refractivity contribution in [2.24, 2.45) is 0 Å². The summed E-state index contributed by atoms with van der Waals surface area (Å²) >= 11 is 0. The van der Waals surface area contributed by atoms with Crippen molar-refractivity contribution in [1.29, 1.82) is 0 Å². The molecule has 0 saturated carbocycles. The van der Waals surface area contributed by atoms with Gasteiger partial charge in [-0.05, 0) is 31.0 Å². The molecule has 1 atom stereocenters. The molecule has 1 saturated heterocycles. The topological polar surface area (TPSA) is 22.1 Å². The van der Waals surface area contributed by atoms with Crippen molar-refractivity contribution >= 4 is 0 Å². The summed E-state index contributed by atoms with van der Waals surface area (Å²) in [6.07, 6.45) is -3.63. The van der Waals surface area contributed by atoms with E-state index in [2.05, 4.69) is 4.98 Å². The number of hydrogen-bond acceptors (Lipinski definition) is 2. The first-order valence-electron chi connectivity index (χ1n) is 5.10. The number of ether oxygens (including phenoxy) is 1. The number of rotatable bonds is 1. The van der Waals surface area contributed by atoms with Gasteiger partial charge in [0.1, 0.15) is 5.69 Å². The van der Waals surface area contributed by atoms with Crippen molar-refractivity contribution in [3.63, 3.8) is 0 Å². The van der Waals surface area contributed by atoms with Gasteiger partial charge in [0.15, 0.2) is 0 Å². The zero-order valence-corrected chi connectivity index (χ0v) is 8.84. The van der Waals surface area contributed by atoms with Crippen molar-refractivity contribution in [2.75, 3.05) is 13.2 Å². The second kappa shape index (κ2) is 4.05. The smallest absolute Gasteiger partial charge is 0.381 e. The molecule has 5 heteroatoms. The third kappa shape index (κ3) is 2.35. The summed E-state index contributed by atoms with van der Waals surface area (Å²) in [5, 5.41) is 0. The Labute approximate surface area is 91.4 Å². The zero-order valence-electron chi connectivity index (χ0n) is 8.84. The van der Waals surface area contributed by atoms with E-state index in [9.17, 15) is 13.2 Å². The molecule has 1 aromatic rings. The van der Waals surface area contributed by atoms with Crippen LogP contribution in [0.15, 0.2) is 12.1 Å². The van der Waals surface area contributed by atoms with E-state index >= 15 is 0 Å². The number of alkyl halides is 3. The lowest BCUT2D eigenvalue weighted by atomic mass is 10.0. The van der Waals surface area contributed by atoms with Gasteiger partial charge in [-0.1, -0.05) is 0 Å². The van der Waals surface area contributed by atoms with Gasteiger partial charge in [0.25, 0.3) is 0 Å². The first kappa shape index (κ1) is 11.4. The summed E-state index contributed by atoms with van der Waals surface area (Å²) in [6, 6.07) is 2.77. The summed E-state index contributed by atoms with van der Waals surface area (Å²) in [5.74, 6) is 0.000926. The van der Waals surface area contributed by atoms with Crippen LogP contribution in [0.1, 0.15) is 29.3 Å². The molecule has 0 radical (unpaired) electrons. The van der Waals surface area contributed by atoms with Crippen LogP contribution >= 0.6 is 0 Å². The van der Waals surface area contributed by atoms with Gasteiger partial charge in [0.2, 0.25) is 0 Å². The molecule has 0 bridgehead atoms. The minimum Gasteiger partial charge on any atom is -0.381 e. The van der Waals surface area contributed by atoms with Gasteiger partial charge in [-0.3, -0.25) is 0 Å². The lowest BCUT2D eigenvalue weighted by molar-refractivity contribution is -0.141. The lowest BCUT2D eigenvalue weighted by Gasteiger charge is -2.12. The second-order valence-corrected chi connectivity index (χ2v) is 4.01. The van der Waals surface area contributed by atoms with Crippen LogP contribution in [0.25, 0.3) is 0 Å². The van der Waals surface area contributed by atoms with E-state index in [1.54, 1.807) is 13.0 Å². The van der Waals surface area contributed by atoms with Gasteiger partial charge in [-0.25, -0.2) is 4.98 Å². The molecule has 1 aliphatic rings. The monoisotopic (exact) mass is 231 g/mol. The van der Waals surface area contributed by atoms with E-state index in [0.29, 0.717) is 24.5 Å². The van der Waals surface area contributed by atoms with Gasteiger partial charge in [0.05, 0.1) is 6.61 Å². The summed E-state index contributed by atoms with van der Waals surface area (Å²) in [5.41, 5.74) is 0.267. The summed E-state index contributed by atoms with van der Waals surface area (Å²) in [7, 11) is 0. The lowest BCUT2D eigenvalue weighted by Crippen LogP contribution is -2.12. The Morgan fingerprint density at radius 2 is 2.12 bits per heavy atom. The Balaban J connectivity index is 2.35. The molecule has 1 aromatic heterocycles. The number of hydrogen-bond donors (Lipinski definition) is 0. The molecule has 1 aliphatic heterocycles. The second-order valence-electron chi connectivity index (χ2n) is 4.01. The van der Waals surface area contributed by atoms with Crippen LogP contribution in [0, 0.1) is 6.92 Å². The van der Waals surface area contributed by atoms with E-state index in [1.165, 1.54) is 0 Å². The molecule has 0 aromatic carbocycles. The van der Waals surface area contributed by atoms with Gasteiger partial charge >= 0.3 is 6.18 Å². The summed E-state index contributed by atoms with van der Waals surface area (Å²) in [4.78, 5) is 3.68. The molecule has 88 valence electrons. The SMILES string of the molecule is Cc1cc(C2CCOC2)nc(C(F)(F)F)c1. The molecule has 0 N–H and O–H groups in total. The minimum atomic E-state index is -4.37.